The summed E-state index contributed by atoms with van der Waals surface area (Å²) < 4.78 is 0. The number of hydrogen-bond acceptors (Lipinski definition) is 3. The van der Waals surface area contributed by atoms with Gasteiger partial charge in [0.2, 0.25) is 5.91 Å². The lowest BCUT2D eigenvalue weighted by atomic mass is 9.92. The number of nitrogens with zero attached hydrogens (tertiary/aromatic N) is 1. The van der Waals surface area contributed by atoms with E-state index >= 15 is 0 Å². The van der Waals surface area contributed by atoms with Crippen molar-refractivity contribution in [2.24, 2.45) is 17.4 Å². The van der Waals surface area contributed by atoms with Gasteiger partial charge >= 0.3 is 0 Å². The third kappa shape index (κ3) is 2.99. The molecule has 1 atom stereocenters. The highest BCUT2D eigenvalue weighted by atomic mass is 16.1. The lowest BCUT2D eigenvalue weighted by Crippen LogP contribution is -2.61. The summed E-state index contributed by atoms with van der Waals surface area (Å²) in [6.45, 7) is 3.91. The maximum atomic E-state index is 11.6. The van der Waals surface area contributed by atoms with Gasteiger partial charge in [-0.3, -0.25) is 9.69 Å². The summed E-state index contributed by atoms with van der Waals surface area (Å²) in [5.74, 6) is 0.00465. The maximum absolute atomic E-state index is 11.6. The third-order valence-corrected chi connectivity index (χ3v) is 4.09. The highest BCUT2D eigenvalue weighted by Gasteiger charge is 2.49. The third-order valence-electron chi connectivity index (χ3n) is 4.09. The first-order valence-electron chi connectivity index (χ1n) is 6.90. The summed E-state index contributed by atoms with van der Waals surface area (Å²) in [5, 5.41) is 0. The van der Waals surface area contributed by atoms with E-state index in [0.717, 1.165) is 19.4 Å². The summed E-state index contributed by atoms with van der Waals surface area (Å²) in [5.41, 5.74) is 11.0. The zero-order valence-electron chi connectivity index (χ0n) is 10.8. The van der Waals surface area contributed by atoms with Crippen LogP contribution >= 0.6 is 0 Å². The lowest BCUT2D eigenvalue weighted by Gasteiger charge is -2.33. The molecule has 1 amide bonds. The van der Waals surface area contributed by atoms with Crippen LogP contribution in [0, 0.1) is 5.92 Å². The SMILES string of the molecule is CCCCN(CC(N)(C(N)=O)C1CC1)C1CC1. The van der Waals surface area contributed by atoms with Crippen molar-refractivity contribution in [2.45, 2.75) is 57.0 Å². The summed E-state index contributed by atoms with van der Waals surface area (Å²) in [6.07, 6.45) is 6.99. The molecule has 98 valence electrons. The van der Waals surface area contributed by atoms with Crippen molar-refractivity contribution < 1.29 is 4.79 Å². The molecule has 2 saturated carbocycles. The quantitative estimate of drug-likeness (QED) is 0.659. The summed E-state index contributed by atoms with van der Waals surface area (Å²) in [4.78, 5) is 14.0. The van der Waals surface area contributed by atoms with E-state index in [9.17, 15) is 4.79 Å². The lowest BCUT2D eigenvalue weighted by molar-refractivity contribution is -0.124. The fourth-order valence-electron chi connectivity index (χ4n) is 2.53. The molecular weight excluding hydrogens is 214 g/mol. The average Bonchev–Trinajstić information content (AvgIpc) is 3.16. The van der Waals surface area contributed by atoms with Gasteiger partial charge in [0.05, 0.1) is 0 Å². The Morgan fingerprint density at radius 2 is 2.00 bits per heavy atom. The van der Waals surface area contributed by atoms with Gasteiger partial charge in [0.25, 0.3) is 0 Å². The Kier molecular flexibility index (Phi) is 3.73. The van der Waals surface area contributed by atoms with Gasteiger partial charge in [-0.15, -0.1) is 0 Å². The summed E-state index contributed by atoms with van der Waals surface area (Å²) in [7, 11) is 0. The van der Waals surface area contributed by atoms with Crippen molar-refractivity contribution >= 4 is 5.91 Å². The van der Waals surface area contributed by atoms with Gasteiger partial charge in [-0.05, 0) is 44.6 Å². The van der Waals surface area contributed by atoms with Gasteiger partial charge in [0.15, 0.2) is 0 Å². The maximum Gasteiger partial charge on any atom is 0.239 e. The normalized spacial score (nSPS) is 23.7. The van der Waals surface area contributed by atoms with E-state index in [-0.39, 0.29) is 5.91 Å². The van der Waals surface area contributed by atoms with Crippen molar-refractivity contribution in [1.29, 1.82) is 0 Å². The van der Waals surface area contributed by atoms with Gasteiger partial charge in [-0.1, -0.05) is 13.3 Å². The van der Waals surface area contributed by atoms with Crippen molar-refractivity contribution in [3.05, 3.63) is 0 Å². The molecular formula is C13H25N3O. The van der Waals surface area contributed by atoms with Gasteiger partial charge in [0.1, 0.15) is 5.54 Å². The Hall–Kier alpha value is -0.610. The van der Waals surface area contributed by atoms with Crippen molar-refractivity contribution in [1.82, 2.24) is 4.90 Å². The van der Waals surface area contributed by atoms with Crippen LogP contribution in [0.5, 0.6) is 0 Å². The van der Waals surface area contributed by atoms with Crippen LogP contribution in [0.1, 0.15) is 45.4 Å². The Morgan fingerprint density at radius 1 is 1.35 bits per heavy atom. The zero-order chi connectivity index (χ0) is 12.5. The molecule has 0 radical (unpaired) electrons. The minimum Gasteiger partial charge on any atom is -0.368 e. The van der Waals surface area contributed by atoms with Gasteiger partial charge in [-0.2, -0.15) is 0 Å². The predicted octanol–water partition coefficient (Wildman–Crippen LogP) is 0.844. The van der Waals surface area contributed by atoms with Crippen LogP contribution in [0.2, 0.25) is 0 Å². The van der Waals surface area contributed by atoms with Crippen molar-refractivity contribution in [3.63, 3.8) is 0 Å². The molecule has 2 aliphatic rings. The second-order valence-electron chi connectivity index (χ2n) is 5.73. The van der Waals surface area contributed by atoms with E-state index in [4.69, 9.17) is 11.5 Å². The van der Waals surface area contributed by atoms with Crippen LogP contribution in [0.3, 0.4) is 0 Å². The summed E-state index contributed by atoms with van der Waals surface area (Å²) in [6, 6.07) is 0.655. The number of rotatable bonds is 8. The number of amides is 1. The average molecular weight is 239 g/mol. The van der Waals surface area contributed by atoms with Crippen LogP contribution in [0.15, 0.2) is 0 Å². The molecule has 0 aromatic heterocycles. The van der Waals surface area contributed by atoms with Crippen LogP contribution in [0.4, 0.5) is 0 Å². The van der Waals surface area contributed by atoms with E-state index in [1.54, 1.807) is 0 Å². The monoisotopic (exact) mass is 239 g/mol. The molecule has 2 aliphatic carbocycles. The molecule has 0 aromatic rings. The fourth-order valence-corrected chi connectivity index (χ4v) is 2.53. The number of carbonyl (C=O) groups is 1. The van der Waals surface area contributed by atoms with Crippen LogP contribution in [-0.2, 0) is 4.79 Å². The standard InChI is InChI=1S/C13H25N3O/c1-2-3-8-16(11-6-7-11)9-13(15,12(14)17)10-4-5-10/h10-11H,2-9,15H2,1H3,(H2,14,17). The smallest absolute Gasteiger partial charge is 0.239 e. The van der Waals surface area contributed by atoms with Crippen molar-refractivity contribution in [2.75, 3.05) is 13.1 Å². The number of unbranched alkanes of at least 4 members (excludes halogenated alkanes) is 1. The minimum atomic E-state index is -0.781. The molecule has 0 heterocycles. The topological polar surface area (TPSA) is 72.3 Å². The van der Waals surface area contributed by atoms with E-state index in [1.807, 2.05) is 0 Å². The first-order chi connectivity index (χ1) is 8.08. The Bertz CT molecular complexity index is 286. The second kappa shape index (κ2) is 4.94. The molecule has 17 heavy (non-hydrogen) atoms. The first-order valence-corrected chi connectivity index (χ1v) is 6.90. The Morgan fingerprint density at radius 3 is 2.41 bits per heavy atom. The number of carbonyl (C=O) groups excluding carboxylic acids is 1. The van der Waals surface area contributed by atoms with Gasteiger partial charge in [0, 0.05) is 12.6 Å². The van der Waals surface area contributed by atoms with E-state index in [2.05, 4.69) is 11.8 Å². The number of hydrogen-bond donors (Lipinski definition) is 2. The minimum absolute atomic E-state index is 0.317. The van der Waals surface area contributed by atoms with Crippen LogP contribution < -0.4 is 11.5 Å². The highest BCUT2D eigenvalue weighted by molar-refractivity contribution is 5.85. The molecule has 2 fully saturated rings. The van der Waals surface area contributed by atoms with Gasteiger partial charge in [-0.25, -0.2) is 0 Å². The Labute approximate surface area is 104 Å². The molecule has 0 bridgehead atoms. The molecule has 0 spiro atoms. The molecule has 0 aliphatic heterocycles. The zero-order valence-corrected chi connectivity index (χ0v) is 10.8. The van der Waals surface area contributed by atoms with Crippen molar-refractivity contribution in [3.8, 4) is 0 Å². The molecule has 4 nitrogen and oxygen atoms in total. The second-order valence-corrected chi connectivity index (χ2v) is 5.73. The molecule has 1 unspecified atom stereocenters. The first kappa shape index (κ1) is 12.8. The molecule has 0 saturated heterocycles. The fraction of sp³-hybridized carbons (Fsp3) is 0.923. The molecule has 4 heteroatoms. The molecule has 2 rings (SSSR count). The molecule has 0 aromatic carbocycles. The van der Waals surface area contributed by atoms with E-state index < -0.39 is 5.54 Å². The summed E-state index contributed by atoms with van der Waals surface area (Å²) >= 11 is 0. The largest absolute Gasteiger partial charge is 0.368 e. The Balaban J connectivity index is 1.96. The van der Waals surface area contributed by atoms with Crippen LogP contribution in [-0.4, -0.2) is 35.5 Å². The number of nitrogens with two attached hydrogens (primary N) is 2. The van der Waals surface area contributed by atoms with Crippen LogP contribution in [0.25, 0.3) is 0 Å². The van der Waals surface area contributed by atoms with Gasteiger partial charge < -0.3 is 11.5 Å². The predicted molar refractivity (Wildman–Crippen MR) is 68.3 cm³/mol. The highest BCUT2D eigenvalue weighted by Crippen LogP contribution is 2.40. The molecule has 4 N–H and O–H groups in total. The van der Waals surface area contributed by atoms with E-state index in [1.165, 1.54) is 25.7 Å². The van der Waals surface area contributed by atoms with E-state index in [0.29, 0.717) is 18.5 Å². The number of primary amides is 1.